The quantitative estimate of drug-likeness (QED) is 0.798. The molecule has 0 bridgehead atoms. The van der Waals surface area contributed by atoms with E-state index in [1.165, 1.54) is 24.6 Å². The predicted octanol–water partition coefficient (Wildman–Crippen LogP) is 3.57. The molecule has 24 heavy (non-hydrogen) atoms. The minimum absolute atomic E-state index is 0.190. The minimum Gasteiger partial charge on any atom is -0.357 e. The van der Waals surface area contributed by atoms with E-state index in [1.807, 2.05) is 35.2 Å². The van der Waals surface area contributed by atoms with E-state index in [4.69, 9.17) is 0 Å². The Balaban J connectivity index is 1.52. The van der Waals surface area contributed by atoms with Crippen molar-refractivity contribution < 1.29 is 4.79 Å². The standard InChI is InChI=1S/C17H20N4OS2/c22-15(21-10-4-5-11-21)14(12-6-2-1-3-7-12)23-17-20-19-16(24-17)18-13-8-9-13/h1-3,6-7,13-14H,4-5,8-11H2,(H,18,19). The molecule has 1 unspecified atom stereocenters. The highest BCUT2D eigenvalue weighted by Gasteiger charge is 2.30. The number of benzene rings is 1. The summed E-state index contributed by atoms with van der Waals surface area (Å²) in [6.45, 7) is 1.74. The van der Waals surface area contributed by atoms with Crippen molar-refractivity contribution in [3.8, 4) is 0 Å². The third kappa shape index (κ3) is 3.72. The number of rotatable bonds is 6. The molecule has 0 spiro atoms. The number of amides is 1. The zero-order valence-electron chi connectivity index (χ0n) is 13.4. The Bertz CT molecular complexity index is 696. The average Bonchev–Trinajstić information content (AvgIpc) is 3.09. The lowest BCUT2D eigenvalue weighted by atomic mass is 10.1. The Morgan fingerprint density at radius 3 is 2.67 bits per heavy atom. The van der Waals surface area contributed by atoms with Gasteiger partial charge in [0.2, 0.25) is 11.0 Å². The second kappa shape index (κ2) is 7.11. The maximum Gasteiger partial charge on any atom is 0.240 e. The monoisotopic (exact) mass is 360 g/mol. The number of hydrogen-bond acceptors (Lipinski definition) is 6. The van der Waals surface area contributed by atoms with E-state index in [9.17, 15) is 4.79 Å². The highest BCUT2D eigenvalue weighted by molar-refractivity contribution is 8.01. The average molecular weight is 361 g/mol. The van der Waals surface area contributed by atoms with Crippen molar-refractivity contribution in [1.82, 2.24) is 15.1 Å². The molecular formula is C17H20N4OS2. The summed E-state index contributed by atoms with van der Waals surface area (Å²) in [6, 6.07) is 10.6. The molecule has 2 heterocycles. The van der Waals surface area contributed by atoms with Crippen LogP contribution in [0.4, 0.5) is 5.13 Å². The number of carbonyl (C=O) groups is 1. The van der Waals surface area contributed by atoms with Crippen LogP contribution < -0.4 is 5.32 Å². The lowest BCUT2D eigenvalue weighted by Gasteiger charge is -2.22. The third-order valence-electron chi connectivity index (χ3n) is 4.27. The van der Waals surface area contributed by atoms with Gasteiger partial charge >= 0.3 is 0 Å². The van der Waals surface area contributed by atoms with Crippen molar-refractivity contribution >= 4 is 34.1 Å². The Labute approximate surface area is 149 Å². The molecule has 1 aromatic heterocycles. The first-order valence-corrected chi connectivity index (χ1v) is 10.1. The Hall–Kier alpha value is -1.60. The van der Waals surface area contributed by atoms with E-state index >= 15 is 0 Å². The summed E-state index contributed by atoms with van der Waals surface area (Å²) in [6.07, 6.45) is 4.63. The van der Waals surface area contributed by atoms with Crippen LogP contribution in [-0.2, 0) is 4.79 Å². The summed E-state index contributed by atoms with van der Waals surface area (Å²) in [5, 5.41) is 12.5. The Morgan fingerprint density at radius 1 is 1.21 bits per heavy atom. The van der Waals surface area contributed by atoms with Crippen molar-refractivity contribution in [3.63, 3.8) is 0 Å². The van der Waals surface area contributed by atoms with Gasteiger partial charge in [-0.25, -0.2) is 0 Å². The van der Waals surface area contributed by atoms with Crippen LogP contribution >= 0.6 is 23.1 Å². The van der Waals surface area contributed by atoms with Gasteiger partial charge in [-0.15, -0.1) is 10.2 Å². The summed E-state index contributed by atoms with van der Waals surface area (Å²) >= 11 is 3.06. The Morgan fingerprint density at radius 2 is 1.96 bits per heavy atom. The molecule has 1 aliphatic carbocycles. The molecule has 1 atom stereocenters. The van der Waals surface area contributed by atoms with Gasteiger partial charge in [0.05, 0.1) is 0 Å². The summed E-state index contributed by atoms with van der Waals surface area (Å²) in [5.41, 5.74) is 1.03. The van der Waals surface area contributed by atoms with Crippen LogP contribution in [0.2, 0.25) is 0 Å². The molecule has 5 nitrogen and oxygen atoms in total. The normalized spacial score (nSPS) is 18.6. The minimum atomic E-state index is -0.244. The number of anilines is 1. The fourth-order valence-corrected chi connectivity index (χ4v) is 4.92. The first kappa shape index (κ1) is 15.9. The molecule has 7 heteroatoms. The molecule has 4 rings (SSSR count). The predicted molar refractivity (Wildman–Crippen MR) is 97.4 cm³/mol. The van der Waals surface area contributed by atoms with Gasteiger partial charge in [0.1, 0.15) is 5.25 Å². The molecule has 0 radical (unpaired) electrons. The SMILES string of the molecule is O=C(C(Sc1nnc(NC2CC2)s1)c1ccccc1)N1CCCC1. The number of aromatic nitrogens is 2. The molecule has 2 aromatic rings. The van der Waals surface area contributed by atoms with Crippen LogP contribution in [-0.4, -0.2) is 40.1 Å². The largest absolute Gasteiger partial charge is 0.357 e. The number of carbonyl (C=O) groups excluding carboxylic acids is 1. The first-order chi connectivity index (χ1) is 11.8. The van der Waals surface area contributed by atoms with Crippen LogP contribution in [0.1, 0.15) is 36.5 Å². The molecular weight excluding hydrogens is 340 g/mol. The van der Waals surface area contributed by atoms with E-state index in [1.54, 1.807) is 11.3 Å². The van der Waals surface area contributed by atoms with Crippen molar-refractivity contribution in [2.24, 2.45) is 0 Å². The van der Waals surface area contributed by atoms with Crippen molar-refractivity contribution in [3.05, 3.63) is 35.9 Å². The topological polar surface area (TPSA) is 58.1 Å². The van der Waals surface area contributed by atoms with Gasteiger partial charge in [-0.1, -0.05) is 53.4 Å². The summed E-state index contributed by atoms with van der Waals surface area (Å²) in [7, 11) is 0. The van der Waals surface area contributed by atoms with Crippen LogP contribution in [0.3, 0.4) is 0 Å². The molecule has 1 saturated carbocycles. The molecule has 1 amide bonds. The fourth-order valence-electron chi connectivity index (χ4n) is 2.81. The van der Waals surface area contributed by atoms with Gasteiger partial charge in [0.25, 0.3) is 0 Å². The molecule has 1 N–H and O–H groups in total. The maximum atomic E-state index is 13.0. The zero-order valence-corrected chi connectivity index (χ0v) is 15.0. The number of nitrogens with one attached hydrogen (secondary N) is 1. The van der Waals surface area contributed by atoms with E-state index in [0.717, 1.165) is 41.0 Å². The molecule has 126 valence electrons. The summed E-state index contributed by atoms with van der Waals surface area (Å²) in [5.74, 6) is 0.190. The second-order valence-corrected chi connectivity index (χ2v) is 8.56. The van der Waals surface area contributed by atoms with Gasteiger partial charge in [0, 0.05) is 19.1 Å². The van der Waals surface area contributed by atoms with Crippen molar-refractivity contribution in [1.29, 1.82) is 0 Å². The van der Waals surface area contributed by atoms with Crippen molar-refractivity contribution in [2.45, 2.75) is 41.3 Å². The number of nitrogens with zero attached hydrogens (tertiary/aromatic N) is 3. The van der Waals surface area contributed by atoms with E-state index < -0.39 is 0 Å². The second-order valence-electron chi connectivity index (χ2n) is 6.23. The Kier molecular flexibility index (Phi) is 4.71. The van der Waals surface area contributed by atoms with Gasteiger partial charge in [0.15, 0.2) is 4.34 Å². The maximum absolute atomic E-state index is 13.0. The lowest BCUT2D eigenvalue weighted by Crippen LogP contribution is -2.31. The van der Waals surface area contributed by atoms with Crippen LogP contribution in [0.15, 0.2) is 34.7 Å². The van der Waals surface area contributed by atoms with Gasteiger partial charge in [-0.3, -0.25) is 4.79 Å². The fraction of sp³-hybridized carbons (Fsp3) is 0.471. The number of thioether (sulfide) groups is 1. The van der Waals surface area contributed by atoms with Crippen molar-refractivity contribution in [2.75, 3.05) is 18.4 Å². The zero-order chi connectivity index (χ0) is 16.4. The highest BCUT2D eigenvalue weighted by atomic mass is 32.2. The lowest BCUT2D eigenvalue weighted by molar-refractivity contribution is -0.129. The van der Waals surface area contributed by atoms with E-state index in [2.05, 4.69) is 15.5 Å². The van der Waals surface area contributed by atoms with Gasteiger partial charge < -0.3 is 10.2 Å². The van der Waals surface area contributed by atoms with Crippen LogP contribution in [0.25, 0.3) is 0 Å². The van der Waals surface area contributed by atoms with E-state index in [0.29, 0.717) is 6.04 Å². The third-order valence-corrected chi connectivity index (χ3v) is 6.46. The molecule has 2 fully saturated rings. The van der Waals surface area contributed by atoms with Gasteiger partial charge in [-0.05, 0) is 31.2 Å². The smallest absolute Gasteiger partial charge is 0.240 e. The number of hydrogen-bond donors (Lipinski definition) is 1. The van der Waals surface area contributed by atoms with Crippen LogP contribution in [0, 0.1) is 0 Å². The molecule has 1 aromatic carbocycles. The van der Waals surface area contributed by atoms with E-state index in [-0.39, 0.29) is 11.2 Å². The molecule has 1 aliphatic heterocycles. The first-order valence-electron chi connectivity index (χ1n) is 8.40. The summed E-state index contributed by atoms with van der Waals surface area (Å²) in [4.78, 5) is 15.0. The summed E-state index contributed by atoms with van der Waals surface area (Å²) < 4.78 is 0.847. The van der Waals surface area contributed by atoms with Gasteiger partial charge in [-0.2, -0.15) is 0 Å². The van der Waals surface area contributed by atoms with Crippen LogP contribution in [0.5, 0.6) is 0 Å². The molecule has 2 aliphatic rings. The highest BCUT2D eigenvalue weighted by Crippen LogP contribution is 2.40. The number of likely N-dealkylation sites (tertiary alicyclic amines) is 1. The molecule has 1 saturated heterocycles.